The molecule has 0 aromatic rings. The van der Waals surface area contributed by atoms with Crippen LogP contribution in [-0.4, -0.2) is 72.5 Å². The largest absolute Gasteiger partial charge is 0.340 e. The number of hydrogen-bond donors (Lipinski definition) is 0. The SMILES string of the molecule is CCC1(CN2CCC(C(=O)N3CCN(C(C)C)CC3)CC2)CC1. The Morgan fingerprint density at radius 1 is 1.04 bits per heavy atom. The first-order valence-electron chi connectivity index (χ1n) is 9.78. The van der Waals surface area contributed by atoms with E-state index >= 15 is 0 Å². The number of piperidine rings is 1. The van der Waals surface area contributed by atoms with Crippen molar-refractivity contribution in [3.63, 3.8) is 0 Å². The maximum atomic E-state index is 12.8. The molecule has 1 amide bonds. The van der Waals surface area contributed by atoms with E-state index in [2.05, 4.69) is 35.5 Å². The van der Waals surface area contributed by atoms with Crippen molar-refractivity contribution < 1.29 is 4.79 Å². The van der Waals surface area contributed by atoms with Crippen LogP contribution in [0.1, 0.15) is 52.9 Å². The van der Waals surface area contributed by atoms with Gasteiger partial charge in [0.05, 0.1) is 0 Å². The predicted octanol–water partition coefficient (Wildman–Crippen LogP) is 2.44. The molecule has 4 heteroatoms. The van der Waals surface area contributed by atoms with Gasteiger partial charge in [0.2, 0.25) is 5.91 Å². The third kappa shape index (κ3) is 4.08. The Labute approximate surface area is 142 Å². The first kappa shape index (κ1) is 17.2. The third-order valence-electron chi connectivity index (χ3n) is 6.56. The average molecular weight is 322 g/mol. The van der Waals surface area contributed by atoms with Gasteiger partial charge < -0.3 is 9.80 Å². The summed E-state index contributed by atoms with van der Waals surface area (Å²) in [7, 11) is 0. The molecular formula is C19H35N3O. The van der Waals surface area contributed by atoms with Crippen LogP contribution < -0.4 is 0 Å². The van der Waals surface area contributed by atoms with Crippen molar-refractivity contribution in [2.24, 2.45) is 11.3 Å². The molecule has 1 aliphatic carbocycles. The quantitative estimate of drug-likeness (QED) is 0.778. The second-order valence-corrected chi connectivity index (χ2v) is 8.36. The van der Waals surface area contributed by atoms with E-state index in [0.29, 0.717) is 17.4 Å². The fourth-order valence-corrected chi connectivity index (χ4v) is 4.33. The lowest BCUT2D eigenvalue weighted by atomic mass is 9.93. The van der Waals surface area contributed by atoms with E-state index in [1.807, 2.05) is 0 Å². The van der Waals surface area contributed by atoms with Crippen LogP contribution in [0, 0.1) is 11.3 Å². The fourth-order valence-electron chi connectivity index (χ4n) is 4.33. The molecule has 2 saturated heterocycles. The van der Waals surface area contributed by atoms with Gasteiger partial charge in [-0.05, 0) is 64.5 Å². The Morgan fingerprint density at radius 2 is 1.65 bits per heavy atom. The molecule has 0 aromatic carbocycles. The number of nitrogens with zero attached hydrogens (tertiary/aromatic N) is 3. The molecule has 0 N–H and O–H groups in total. The molecule has 3 aliphatic rings. The Bertz CT molecular complexity index is 403. The van der Waals surface area contributed by atoms with Crippen molar-refractivity contribution in [2.75, 3.05) is 45.8 Å². The Hall–Kier alpha value is -0.610. The summed E-state index contributed by atoms with van der Waals surface area (Å²) in [4.78, 5) is 20.0. The number of likely N-dealkylation sites (tertiary alicyclic amines) is 1. The summed E-state index contributed by atoms with van der Waals surface area (Å²) in [6.07, 6.45) is 6.31. The van der Waals surface area contributed by atoms with Gasteiger partial charge in [0.15, 0.2) is 0 Å². The molecule has 0 unspecified atom stereocenters. The minimum absolute atomic E-state index is 0.286. The van der Waals surface area contributed by atoms with Gasteiger partial charge in [-0.1, -0.05) is 6.92 Å². The maximum Gasteiger partial charge on any atom is 0.225 e. The summed E-state index contributed by atoms with van der Waals surface area (Å²) in [5.41, 5.74) is 0.643. The highest BCUT2D eigenvalue weighted by Crippen LogP contribution is 2.49. The molecule has 3 rings (SSSR count). The number of carbonyl (C=O) groups excluding carboxylic acids is 1. The zero-order chi connectivity index (χ0) is 16.4. The lowest BCUT2D eigenvalue weighted by Gasteiger charge is -2.40. The molecular weight excluding hydrogens is 286 g/mol. The number of rotatable bonds is 5. The molecule has 132 valence electrons. The van der Waals surface area contributed by atoms with Gasteiger partial charge in [0, 0.05) is 44.7 Å². The minimum atomic E-state index is 0.286. The molecule has 1 saturated carbocycles. The van der Waals surface area contributed by atoms with Crippen LogP contribution >= 0.6 is 0 Å². The van der Waals surface area contributed by atoms with Gasteiger partial charge in [-0.25, -0.2) is 0 Å². The van der Waals surface area contributed by atoms with Gasteiger partial charge >= 0.3 is 0 Å². The van der Waals surface area contributed by atoms with Crippen molar-refractivity contribution in [1.29, 1.82) is 0 Å². The lowest BCUT2D eigenvalue weighted by Crippen LogP contribution is -2.53. The topological polar surface area (TPSA) is 26.8 Å². The smallest absolute Gasteiger partial charge is 0.225 e. The molecule has 0 aromatic heterocycles. The molecule has 2 heterocycles. The van der Waals surface area contributed by atoms with Crippen molar-refractivity contribution in [3.05, 3.63) is 0 Å². The van der Waals surface area contributed by atoms with Crippen molar-refractivity contribution in [2.45, 2.75) is 58.9 Å². The van der Waals surface area contributed by atoms with E-state index in [0.717, 1.165) is 52.1 Å². The first-order chi connectivity index (χ1) is 11.0. The van der Waals surface area contributed by atoms with E-state index in [1.54, 1.807) is 0 Å². The molecule has 3 fully saturated rings. The Kier molecular flexibility index (Phi) is 5.32. The van der Waals surface area contributed by atoms with Gasteiger partial charge in [-0.15, -0.1) is 0 Å². The minimum Gasteiger partial charge on any atom is -0.340 e. The van der Waals surface area contributed by atoms with Crippen LogP contribution in [-0.2, 0) is 4.79 Å². The average Bonchev–Trinajstić information content (AvgIpc) is 3.35. The Balaban J connectivity index is 1.42. The van der Waals surface area contributed by atoms with E-state index in [9.17, 15) is 4.79 Å². The molecule has 2 aliphatic heterocycles. The number of piperazine rings is 1. The van der Waals surface area contributed by atoms with Gasteiger partial charge in [-0.2, -0.15) is 0 Å². The molecule has 23 heavy (non-hydrogen) atoms. The second-order valence-electron chi connectivity index (χ2n) is 8.36. The molecule has 0 spiro atoms. The second kappa shape index (κ2) is 7.10. The van der Waals surface area contributed by atoms with E-state index < -0.39 is 0 Å². The van der Waals surface area contributed by atoms with Crippen LogP contribution in [0.3, 0.4) is 0 Å². The highest BCUT2D eigenvalue weighted by molar-refractivity contribution is 5.79. The van der Waals surface area contributed by atoms with Crippen molar-refractivity contribution >= 4 is 5.91 Å². The van der Waals surface area contributed by atoms with E-state index in [1.165, 1.54) is 25.8 Å². The number of carbonyl (C=O) groups is 1. The third-order valence-corrected chi connectivity index (χ3v) is 6.56. The molecule has 0 bridgehead atoms. The van der Waals surface area contributed by atoms with E-state index in [-0.39, 0.29) is 5.92 Å². The zero-order valence-electron chi connectivity index (χ0n) is 15.4. The predicted molar refractivity (Wildman–Crippen MR) is 94.4 cm³/mol. The summed E-state index contributed by atoms with van der Waals surface area (Å²) in [5.74, 6) is 0.721. The van der Waals surface area contributed by atoms with Crippen molar-refractivity contribution in [3.8, 4) is 0 Å². The molecule has 0 atom stereocenters. The highest BCUT2D eigenvalue weighted by atomic mass is 16.2. The maximum absolute atomic E-state index is 12.8. The lowest BCUT2D eigenvalue weighted by molar-refractivity contribution is -0.139. The number of amides is 1. The standard InChI is InChI=1S/C19H35N3O/c1-4-19(7-8-19)15-20-9-5-17(6-10-20)18(23)22-13-11-21(12-14-22)16(2)3/h16-17H,4-15H2,1-3H3. The van der Waals surface area contributed by atoms with Crippen molar-refractivity contribution in [1.82, 2.24) is 14.7 Å². The highest BCUT2D eigenvalue weighted by Gasteiger charge is 2.42. The normalized spacial score (nSPS) is 26.7. The van der Waals surface area contributed by atoms with Crippen LogP contribution in [0.5, 0.6) is 0 Å². The van der Waals surface area contributed by atoms with Crippen LogP contribution in [0.2, 0.25) is 0 Å². The molecule has 0 radical (unpaired) electrons. The summed E-state index contributed by atoms with van der Waals surface area (Å²) in [5, 5.41) is 0. The van der Waals surface area contributed by atoms with Gasteiger partial charge in [-0.3, -0.25) is 9.69 Å². The zero-order valence-corrected chi connectivity index (χ0v) is 15.4. The summed E-state index contributed by atoms with van der Waals surface area (Å²) in [6.45, 7) is 14.3. The summed E-state index contributed by atoms with van der Waals surface area (Å²) < 4.78 is 0. The summed E-state index contributed by atoms with van der Waals surface area (Å²) in [6, 6.07) is 0.601. The summed E-state index contributed by atoms with van der Waals surface area (Å²) >= 11 is 0. The van der Waals surface area contributed by atoms with Crippen LogP contribution in [0.25, 0.3) is 0 Å². The van der Waals surface area contributed by atoms with E-state index in [4.69, 9.17) is 0 Å². The van der Waals surface area contributed by atoms with Crippen LogP contribution in [0.4, 0.5) is 0 Å². The molecule has 4 nitrogen and oxygen atoms in total. The van der Waals surface area contributed by atoms with Gasteiger partial charge in [0.25, 0.3) is 0 Å². The Morgan fingerprint density at radius 3 is 2.13 bits per heavy atom. The fraction of sp³-hybridized carbons (Fsp3) is 0.947. The first-order valence-corrected chi connectivity index (χ1v) is 9.78. The van der Waals surface area contributed by atoms with Gasteiger partial charge in [0.1, 0.15) is 0 Å². The van der Waals surface area contributed by atoms with Crippen LogP contribution in [0.15, 0.2) is 0 Å². The number of hydrogen-bond acceptors (Lipinski definition) is 3. The monoisotopic (exact) mass is 321 g/mol.